The number of rotatable bonds is 5. The molecule has 9 nitrogen and oxygen atoms in total. The molecule has 9 heteroatoms. The smallest absolute Gasteiger partial charge is 0.256 e. The summed E-state index contributed by atoms with van der Waals surface area (Å²) in [6.45, 7) is 1.87. The van der Waals surface area contributed by atoms with Crippen LogP contribution in [0.1, 0.15) is 16.8 Å². The third kappa shape index (κ3) is 4.19. The van der Waals surface area contributed by atoms with Gasteiger partial charge >= 0.3 is 0 Å². The van der Waals surface area contributed by atoms with Crippen LogP contribution in [0.25, 0.3) is 22.3 Å². The summed E-state index contributed by atoms with van der Waals surface area (Å²) in [7, 11) is 0. The van der Waals surface area contributed by atoms with E-state index in [-0.39, 0.29) is 5.91 Å². The van der Waals surface area contributed by atoms with Crippen molar-refractivity contribution in [1.82, 2.24) is 25.3 Å². The van der Waals surface area contributed by atoms with Crippen molar-refractivity contribution in [3.63, 3.8) is 0 Å². The van der Waals surface area contributed by atoms with Crippen LogP contribution in [0, 0.1) is 0 Å². The van der Waals surface area contributed by atoms with E-state index < -0.39 is 0 Å². The van der Waals surface area contributed by atoms with E-state index in [2.05, 4.69) is 30.9 Å². The molecular formula is C23H22N8O. The molecule has 3 aromatic heterocycles. The lowest BCUT2D eigenvalue weighted by Gasteiger charge is -2.15. The molecule has 0 bridgehead atoms. The Morgan fingerprint density at radius 1 is 1.12 bits per heavy atom. The summed E-state index contributed by atoms with van der Waals surface area (Å²) in [5, 5.41) is 10.6. The minimum absolute atomic E-state index is 0.290. The second kappa shape index (κ2) is 8.56. The maximum absolute atomic E-state index is 12.6. The molecule has 1 saturated heterocycles. The predicted octanol–water partition coefficient (Wildman–Crippen LogP) is 2.70. The van der Waals surface area contributed by atoms with Gasteiger partial charge in [0.05, 0.1) is 11.7 Å². The van der Waals surface area contributed by atoms with E-state index in [9.17, 15) is 4.79 Å². The lowest BCUT2D eigenvalue weighted by atomic mass is 10.2. The normalized spacial score (nSPS) is 15.6. The molecule has 1 aliphatic heterocycles. The third-order valence-electron chi connectivity index (χ3n) is 5.31. The number of fused-ring (bicyclic) bond motifs is 1. The van der Waals surface area contributed by atoms with Crippen LogP contribution in [0.15, 0.2) is 61.1 Å². The van der Waals surface area contributed by atoms with E-state index in [4.69, 9.17) is 10.7 Å². The van der Waals surface area contributed by atoms with Crippen molar-refractivity contribution in [3.05, 3.63) is 66.6 Å². The van der Waals surface area contributed by atoms with Gasteiger partial charge in [0.25, 0.3) is 5.91 Å². The summed E-state index contributed by atoms with van der Waals surface area (Å²) in [5.74, 6) is 1.41. The van der Waals surface area contributed by atoms with Gasteiger partial charge in [0, 0.05) is 47.2 Å². The number of pyridine rings is 2. The summed E-state index contributed by atoms with van der Waals surface area (Å²) in [5.41, 5.74) is 8.24. The summed E-state index contributed by atoms with van der Waals surface area (Å²) in [6.07, 6.45) is 6.11. The molecule has 4 aromatic rings. The first-order valence-electron chi connectivity index (χ1n) is 10.4. The number of nitrogens with zero attached hydrogens (tertiary/aromatic N) is 4. The molecule has 1 amide bonds. The summed E-state index contributed by atoms with van der Waals surface area (Å²) < 4.78 is 0. The molecular weight excluding hydrogens is 404 g/mol. The van der Waals surface area contributed by atoms with Gasteiger partial charge in [0.15, 0.2) is 5.82 Å². The predicted molar refractivity (Wildman–Crippen MR) is 124 cm³/mol. The van der Waals surface area contributed by atoms with Gasteiger partial charge in [-0.3, -0.25) is 9.78 Å². The van der Waals surface area contributed by atoms with Gasteiger partial charge in [0.1, 0.15) is 11.6 Å². The number of aromatic nitrogens is 4. The molecule has 0 unspecified atom stereocenters. The van der Waals surface area contributed by atoms with Gasteiger partial charge in [0.2, 0.25) is 0 Å². The van der Waals surface area contributed by atoms with E-state index in [1.54, 1.807) is 48.9 Å². The van der Waals surface area contributed by atoms with Crippen molar-refractivity contribution < 1.29 is 4.79 Å². The molecule has 0 radical (unpaired) electrons. The molecule has 1 aromatic carbocycles. The van der Waals surface area contributed by atoms with Crippen LogP contribution in [0.2, 0.25) is 0 Å². The number of nitrogens with one attached hydrogen (secondary N) is 3. The highest BCUT2D eigenvalue weighted by Gasteiger charge is 2.18. The zero-order chi connectivity index (χ0) is 21.9. The fraction of sp³-hybridized carbons (Fsp3) is 0.174. The van der Waals surface area contributed by atoms with Crippen LogP contribution in [0.4, 0.5) is 17.3 Å². The number of nitrogens with two attached hydrogens (primary N) is 1. The minimum atomic E-state index is -0.290. The van der Waals surface area contributed by atoms with E-state index in [0.29, 0.717) is 28.9 Å². The SMILES string of the molecule is Nc1cccc(C(=O)Nc2cc(-c3nc(N[C@@H]4CCNC4)c4ccncc4n3)ccn2)c1. The zero-order valence-corrected chi connectivity index (χ0v) is 17.2. The standard InChI is InChI=1S/C23H22N8O/c24-16-3-1-2-15(10-16)23(32)30-20-11-14(4-9-27-20)21-29-19-13-26-8-6-18(19)22(31-21)28-17-5-7-25-12-17/h1-4,6,8-11,13,17,25H,5,7,12,24H2,(H,27,30,32)(H,28,29,31)/t17-/m1/s1. The number of carbonyl (C=O) groups excluding carboxylic acids is 1. The molecule has 0 aliphatic carbocycles. The highest BCUT2D eigenvalue weighted by atomic mass is 16.1. The fourth-order valence-corrected chi connectivity index (χ4v) is 3.70. The average molecular weight is 426 g/mol. The van der Waals surface area contributed by atoms with E-state index in [0.717, 1.165) is 41.8 Å². The van der Waals surface area contributed by atoms with Crippen LogP contribution in [-0.4, -0.2) is 45.0 Å². The first-order chi connectivity index (χ1) is 15.7. The lowest BCUT2D eigenvalue weighted by Crippen LogP contribution is -2.23. The molecule has 5 N–H and O–H groups in total. The van der Waals surface area contributed by atoms with Gasteiger partial charge in [-0.15, -0.1) is 0 Å². The minimum Gasteiger partial charge on any atom is -0.399 e. The second-order valence-electron chi connectivity index (χ2n) is 7.63. The van der Waals surface area contributed by atoms with Crippen molar-refractivity contribution in [2.75, 3.05) is 29.5 Å². The van der Waals surface area contributed by atoms with Crippen LogP contribution < -0.4 is 21.7 Å². The lowest BCUT2D eigenvalue weighted by molar-refractivity contribution is 0.102. The van der Waals surface area contributed by atoms with Gasteiger partial charge in [-0.2, -0.15) is 0 Å². The highest BCUT2D eigenvalue weighted by molar-refractivity contribution is 6.04. The molecule has 0 saturated carbocycles. The number of benzene rings is 1. The maximum Gasteiger partial charge on any atom is 0.256 e. The molecule has 32 heavy (non-hydrogen) atoms. The van der Waals surface area contributed by atoms with E-state index >= 15 is 0 Å². The number of amides is 1. The first kappa shape index (κ1) is 19.8. The number of carbonyl (C=O) groups is 1. The average Bonchev–Trinajstić information content (AvgIpc) is 3.32. The Balaban J connectivity index is 1.46. The van der Waals surface area contributed by atoms with Crippen molar-refractivity contribution in [2.24, 2.45) is 0 Å². The molecule has 5 rings (SSSR count). The fourth-order valence-electron chi connectivity index (χ4n) is 3.70. The Kier molecular flexibility index (Phi) is 5.30. The van der Waals surface area contributed by atoms with Gasteiger partial charge in [-0.05, 0) is 49.4 Å². The van der Waals surface area contributed by atoms with Crippen LogP contribution in [0.5, 0.6) is 0 Å². The van der Waals surface area contributed by atoms with Crippen molar-refractivity contribution >= 4 is 34.1 Å². The number of hydrogen-bond acceptors (Lipinski definition) is 8. The first-order valence-corrected chi connectivity index (χ1v) is 10.4. The number of anilines is 3. The monoisotopic (exact) mass is 426 g/mol. The molecule has 4 heterocycles. The summed E-state index contributed by atoms with van der Waals surface area (Å²) >= 11 is 0. The summed E-state index contributed by atoms with van der Waals surface area (Å²) in [4.78, 5) is 30.5. The number of nitrogen functional groups attached to an aromatic ring is 1. The zero-order valence-electron chi connectivity index (χ0n) is 17.2. The van der Waals surface area contributed by atoms with E-state index in [1.807, 2.05) is 12.1 Å². The van der Waals surface area contributed by atoms with Crippen LogP contribution in [0.3, 0.4) is 0 Å². The van der Waals surface area contributed by atoms with Crippen LogP contribution in [-0.2, 0) is 0 Å². The van der Waals surface area contributed by atoms with Crippen molar-refractivity contribution in [2.45, 2.75) is 12.5 Å². The molecule has 1 atom stereocenters. The van der Waals surface area contributed by atoms with Gasteiger partial charge < -0.3 is 21.7 Å². The Labute approximate surface area is 184 Å². The van der Waals surface area contributed by atoms with Crippen LogP contribution >= 0.6 is 0 Å². The highest BCUT2D eigenvalue weighted by Crippen LogP contribution is 2.26. The molecule has 1 aliphatic rings. The summed E-state index contributed by atoms with van der Waals surface area (Å²) in [6, 6.07) is 12.6. The van der Waals surface area contributed by atoms with Gasteiger partial charge in [-0.1, -0.05) is 6.07 Å². The number of hydrogen-bond donors (Lipinski definition) is 4. The molecule has 160 valence electrons. The maximum atomic E-state index is 12.6. The quantitative estimate of drug-likeness (QED) is 0.358. The van der Waals surface area contributed by atoms with E-state index in [1.165, 1.54) is 0 Å². The molecule has 1 fully saturated rings. The largest absolute Gasteiger partial charge is 0.399 e. The molecule has 0 spiro atoms. The Morgan fingerprint density at radius 2 is 2.06 bits per heavy atom. The Morgan fingerprint density at radius 3 is 2.91 bits per heavy atom. The second-order valence-corrected chi connectivity index (χ2v) is 7.63. The Hall–Kier alpha value is -4.11. The topological polar surface area (TPSA) is 131 Å². The third-order valence-corrected chi connectivity index (χ3v) is 5.31. The van der Waals surface area contributed by atoms with Gasteiger partial charge in [-0.25, -0.2) is 15.0 Å². The van der Waals surface area contributed by atoms with Crippen molar-refractivity contribution in [1.29, 1.82) is 0 Å². The Bertz CT molecular complexity index is 1290. The van der Waals surface area contributed by atoms with Crippen molar-refractivity contribution in [3.8, 4) is 11.4 Å².